The molecule has 1 amide bonds. The Balaban J connectivity index is 1.62. The summed E-state index contributed by atoms with van der Waals surface area (Å²) in [6.45, 7) is 2.40. The number of nitrogens with zero attached hydrogens (tertiary/aromatic N) is 5. The SMILES string of the molecule is O=C(NC(c1ccc(N2CCOCC2)c(F)c1)c1cn[nH]n1)c1cnccn1. The largest absolute Gasteiger partial charge is 0.378 e. The van der Waals surface area contributed by atoms with E-state index in [0.717, 1.165) is 0 Å². The van der Waals surface area contributed by atoms with Crippen LogP contribution in [0.25, 0.3) is 0 Å². The Labute approximate surface area is 160 Å². The van der Waals surface area contributed by atoms with Crippen molar-refractivity contribution in [2.75, 3.05) is 31.2 Å². The number of benzene rings is 1. The maximum absolute atomic E-state index is 14.8. The van der Waals surface area contributed by atoms with E-state index in [1.165, 1.54) is 30.9 Å². The predicted molar refractivity (Wildman–Crippen MR) is 97.2 cm³/mol. The number of H-pyrrole nitrogens is 1. The van der Waals surface area contributed by atoms with Gasteiger partial charge in [0.2, 0.25) is 0 Å². The van der Waals surface area contributed by atoms with Gasteiger partial charge in [0.1, 0.15) is 23.2 Å². The number of rotatable bonds is 5. The van der Waals surface area contributed by atoms with Crippen molar-refractivity contribution in [3.05, 3.63) is 65.8 Å². The Kier molecular flexibility index (Phi) is 5.20. The topological polar surface area (TPSA) is 109 Å². The maximum Gasteiger partial charge on any atom is 0.272 e. The highest BCUT2D eigenvalue weighted by atomic mass is 19.1. The van der Waals surface area contributed by atoms with Gasteiger partial charge in [-0.25, -0.2) is 9.37 Å². The van der Waals surface area contributed by atoms with E-state index in [4.69, 9.17) is 4.74 Å². The minimum Gasteiger partial charge on any atom is -0.378 e. The fraction of sp³-hybridized carbons (Fsp3) is 0.278. The lowest BCUT2D eigenvalue weighted by atomic mass is 10.0. The lowest BCUT2D eigenvalue weighted by Gasteiger charge is -2.29. The summed E-state index contributed by atoms with van der Waals surface area (Å²) in [7, 11) is 0. The molecule has 1 aliphatic heterocycles. The van der Waals surface area contributed by atoms with Crippen LogP contribution in [0.15, 0.2) is 43.0 Å². The third-order valence-electron chi connectivity index (χ3n) is 4.46. The van der Waals surface area contributed by atoms with Gasteiger partial charge in [-0.3, -0.25) is 9.78 Å². The Hall–Kier alpha value is -3.40. The van der Waals surface area contributed by atoms with Crippen LogP contribution in [0.4, 0.5) is 10.1 Å². The molecule has 0 spiro atoms. The molecule has 1 saturated heterocycles. The molecule has 1 atom stereocenters. The number of ether oxygens (including phenoxy) is 1. The van der Waals surface area contributed by atoms with E-state index in [0.29, 0.717) is 43.2 Å². The number of anilines is 1. The molecule has 1 aliphatic rings. The van der Waals surface area contributed by atoms with E-state index in [9.17, 15) is 9.18 Å². The highest BCUT2D eigenvalue weighted by molar-refractivity contribution is 5.92. The highest BCUT2D eigenvalue weighted by Gasteiger charge is 2.23. The average Bonchev–Trinajstić information content (AvgIpc) is 3.27. The molecule has 1 aromatic carbocycles. The summed E-state index contributed by atoms with van der Waals surface area (Å²) in [4.78, 5) is 22.4. The molecule has 0 bridgehead atoms. The van der Waals surface area contributed by atoms with Crippen LogP contribution in [0, 0.1) is 5.82 Å². The molecule has 0 saturated carbocycles. The Morgan fingerprint density at radius 2 is 2.11 bits per heavy atom. The number of halogens is 1. The minimum atomic E-state index is -0.693. The zero-order chi connectivity index (χ0) is 19.3. The van der Waals surface area contributed by atoms with Crippen molar-refractivity contribution in [2.45, 2.75) is 6.04 Å². The van der Waals surface area contributed by atoms with E-state index in [2.05, 4.69) is 30.7 Å². The number of carbonyl (C=O) groups excluding carboxylic acids is 1. The summed E-state index contributed by atoms with van der Waals surface area (Å²) in [5, 5.41) is 13.2. The van der Waals surface area contributed by atoms with Crippen LogP contribution in [-0.2, 0) is 4.74 Å². The first-order chi connectivity index (χ1) is 13.7. The van der Waals surface area contributed by atoms with Gasteiger partial charge in [-0.2, -0.15) is 15.4 Å². The Bertz CT molecular complexity index is 930. The molecule has 144 valence electrons. The number of aromatic nitrogens is 5. The zero-order valence-corrected chi connectivity index (χ0v) is 14.9. The first-order valence-corrected chi connectivity index (χ1v) is 8.77. The van der Waals surface area contributed by atoms with Crippen molar-refractivity contribution < 1.29 is 13.9 Å². The van der Waals surface area contributed by atoms with Crippen LogP contribution in [0.2, 0.25) is 0 Å². The second-order valence-electron chi connectivity index (χ2n) is 6.20. The first kappa shape index (κ1) is 18.0. The number of hydrogen-bond donors (Lipinski definition) is 2. The van der Waals surface area contributed by atoms with Crippen LogP contribution >= 0.6 is 0 Å². The number of nitrogens with one attached hydrogen (secondary N) is 2. The van der Waals surface area contributed by atoms with Gasteiger partial charge in [0.05, 0.1) is 31.3 Å². The summed E-state index contributed by atoms with van der Waals surface area (Å²) in [6.07, 6.45) is 5.75. The third kappa shape index (κ3) is 3.81. The summed E-state index contributed by atoms with van der Waals surface area (Å²) >= 11 is 0. The van der Waals surface area contributed by atoms with Gasteiger partial charge in [0, 0.05) is 25.5 Å². The van der Waals surface area contributed by atoms with Gasteiger partial charge < -0.3 is 15.0 Å². The van der Waals surface area contributed by atoms with Crippen molar-refractivity contribution in [2.24, 2.45) is 0 Å². The van der Waals surface area contributed by atoms with Gasteiger partial charge in [0.15, 0.2) is 0 Å². The lowest BCUT2D eigenvalue weighted by Crippen LogP contribution is -2.36. The molecule has 3 aromatic rings. The molecule has 2 aromatic heterocycles. The van der Waals surface area contributed by atoms with Gasteiger partial charge in [-0.05, 0) is 17.7 Å². The normalized spacial score (nSPS) is 15.2. The third-order valence-corrected chi connectivity index (χ3v) is 4.46. The van der Waals surface area contributed by atoms with Crippen LogP contribution in [-0.4, -0.2) is 57.6 Å². The molecule has 2 N–H and O–H groups in total. The van der Waals surface area contributed by atoms with Crippen LogP contribution in [0.3, 0.4) is 0 Å². The molecule has 1 unspecified atom stereocenters. The lowest BCUT2D eigenvalue weighted by molar-refractivity contribution is 0.0936. The summed E-state index contributed by atoms with van der Waals surface area (Å²) < 4.78 is 20.2. The molecule has 3 heterocycles. The molecular formula is C18H18FN7O2. The predicted octanol–water partition coefficient (Wildman–Crippen LogP) is 1.09. The van der Waals surface area contributed by atoms with Gasteiger partial charge in [-0.1, -0.05) is 6.07 Å². The highest BCUT2D eigenvalue weighted by Crippen LogP contribution is 2.27. The van der Waals surface area contributed by atoms with Crippen LogP contribution in [0.1, 0.15) is 27.8 Å². The molecule has 9 nitrogen and oxygen atoms in total. The van der Waals surface area contributed by atoms with E-state index >= 15 is 0 Å². The minimum absolute atomic E-state index is 0.154. The second-order valence-corrected chi connectivity index (χ2v) is 6.20. The average molecular weight is 383 g/mol. The molecule has 0 aliphatic carbocycles. The standard InChI is InChI=1S/C18H18FN7O2/c19-13-9-12(1-2-16(13)26-5-7-28-8-6-26)17(14-11-22-25-24-14)23-18(27)15-10-20-3-4-21-15/h1-4,9-11,17H,5-8H2,(H,23,27)(H,22,24,25). The number of morpholine rings is 1. The van der Waals surface area contributed by atoms with Gasteiger partial charge >= 0.3 is 0 Å². The number of aromatic amines is 1. The summed E-state index contributed by atoms with van der Waals surface area (Å²) in [5.74, 6) is -0.819. The molecular weight excluding hydrogens is 365 g/mol. The molecule has 28 heavy (non-hydrogen) atoms. The zero-order valence-electron chi connectivity index (χ0n) is 14.9. The van der Waals surface area contributed by atoms with Crippen molar-refractivity contribution in [3.63, 3.8) is 0 Å². The quantitative estimate of drug-likeness (QED) is 0.679. The van der Waals surface area contributed by atoms with E-state index in [-0.39, 0.29) is 11.5 Å². The fourth-order valence-electron chi connectivity index (χ4n) is 3.06. The Morgan fingerprint density at radius 1 is 1.25 bits per heavy atom. The molecule has 1 fully saturated rings. The van der Waals surface area contributed by atoms with Crippen LogP contribution in [0.5, 0.6) is 0 Å². The molecule has 10 heteroatoms. The van der Waals surface area contributed by atoms with Crippen molar-refractivity contribution >= 4 is 11.6 Å². The van der Waals surface area contributed by atoms with E-state index in [1.807, 2.05) is 4.90 Å². The smallest absolute Gasteiger partial charge is 0.272 e. The van der Waals surface area contributed by atoms with E-state index < -0.39 is 11.9 Å². The van der Waals surface area contributed by atoms with Crippen molar-refractivity contribution in [1.82, 2.24) is 30.7 Å². The van der Waals surface area contributed by atoms with E-state index in [1.54, 1.807) is 12.1 Å². The summed E-state index contributed by atoms with van der Waals surface area (Å²) in [5.41, 5.74) is 1.66. The first-order valence-electron chi connectivity index (χ1n) is 8.77. The van der Waals surface area contributed by atoms with Gasteiger partial charge in [-0.15, -0.1) is 0 Å². The number of amides is 1. The maximum atomic E-state index is 14.8. The second kappa shape index (κ2) is 8.09. The molecule has 4 rings (SSSR count). The van der Waals surface area contributed by atoms with Crippen molar-refractivity contribution in [3.8, 4) is 0 Å². The Morgan fingerprint density at radius 3 is 2.79 bits per heavy atom. The number of carbonyl (C=O) groups is 1. The summed E-state index contributed by atoms with van der Waals surface area (Å²) in [6, 6.07) is 4.18. The fourth-order valence-corrected chi connectivity index (χ4v) is 3.06. The van der Waals surface area contributed by atoms with Crippen LogP contribution < -0.4 is 10.2 Å². The monoisotopic (exact) mass is 383 g/mol. The van der Waals surface area contributed by atoms with Crippen molar-refractivity contribution in [1.29, 1.82) is 0 Å². The molecule has 0 radical (unpaired) electrons. The number of hydrogen-bond acceptors (Lipinski definition) is 7. The van der Waals surface area contributed by atoms with Gasteiger partial charge in [0.25, 0.3) is 5.91 Å².